The fourth-order valence-corrected chi connectivity index (χ4v) is 4.10. The second-order valence-corrected chi connectivity index (χ2v) is 6.96. The van der Waals surface area contributed by atoms with Gasteiger partial charge in [0, 0.05) is 19.1 Å². The second-order valence-electron chi connectivity index (χ2n) is 6.96. The predicted molar refractivity (Wildman–Crippen MR) is 75.5 cm³/mol. The molecular formula is C15H26N2O3. The molecule has 0 aromatic rings. The number of carbonyl (C=O) groups is 1. The van der Waals surface area contributed by atoms with E-state index in [1.807, 2.05) is 0 Å². The van der Waals surface area contributed by atoms with Crippen LogP contribution in [0.1, 0.15) is 38.5 Å². The molecule has 1 atom stereocenters. The summed E-state index contributed by atoms with van der Waals surface area (Å²) in [5.41, 5.74) is -0.696. The van der Waals surface area contributed by atoms with E-state index in [0.29, 0.717) is 38.3 Å². The molecule has 1 aliphatic carbocycles. The van der Waals surface area contributed by atoms with Gasteiger partial charge < -0.3 is 20.4 Å². The number of aliphatic hydroxyl groups is 1. The van der Waals surface area contributed by atoms with Crippen LogP contribution in [0.5, 0.6) is 0 Å². The van der Waals surface area contributed by atoms with Crippen LogP contribution in [-0.2, 0) is 4.79 Å². The number of carboxylic acid groups (broad SMARTS) is 1. The van der Waals surface area contributed by atoms with Gasteiger partial charge in [-0.2, -0.15) is 0 Å². The van der Waals surface area contributed by atoms with E-state index in [0.717, 1.165) is 12.5 Å². The molecule has 3 heterocycles. The van der Waals surface area contributed by atoms with Crippen molar-refractivity contribution in [1.29, 1.82) is 0 Å². The van der Waals surface area contributed by atoms with Crippen LogP contribution in [0, 0.1) is 11.8 Å². The Hall–Kier alpha value is -0.650. The van der Waals surface area contributed by atoms with E-state index in [1.54, 1.807) is 0 Å². The van der Waals surface area contributed by atoms with E-state index >= 15 is 0 Å². The second kappa shape index (κ2) is 5.62. The number of rotatable bonds is 4. The van der Waals surface area contributed by atoms with Crippen LogP contribution in [-0.4, -0.2) is 58.9 Å². The van der Waals surface area contributed by atoms with Gasteiger partial charge in [-0.3, -0.25) is 4.79 Å². The highest BCUT2D eigenvalue weighted by Gasteiger charge is 2.38. The zero-order chi connectivity index (χ0) is 14.2. The number of carboxylic acids is 1. The number of hydrogen-bond donors (Lipinski definition) is 3. The van der Waals surface area contributed by atoms with Crippen molar-refractivity contribution in [2.24, 2.45) is 11.8 Å². The van der Waals surface area contributed by atoms with Crippen molar-refractivity contribution in [3.05, 3.63) is 0 Å². The van der Waals surface area contributed by atoms with Crippen molar-refractivity contribution in [3.63, 3.8) is 0 Å². The average molecular weight is 282 g/mol. The molecule has 2 bridgehead atoms. The van der Waals surface area contributed by atoms with Gasteiger partial charge >= 0.3 is 5.97 Å². The zero-order valence-corrected chi connectivity index (χ0v) is 12.1. The van der Waals surface area contributed by atoms with Gasteiger partial charge in [0.15, 0.2) is 0 Å². The number of aliphatic carboxylic acids is 1. The minimum Gasteiger partial charge on any atom is -0.481 e. The molecule has 20 heavy (non-hydrogen) atoms. The summed E-state index contributed by atoms with van der Waals surface area (Å²) in [5, 5.41) is 23.2. The first-order chi connectivity index (χ1) is 9.56. The largest absolute Gasteiger partial charge is 0.481 e. The molecule has 0 spiro atoms. The monoisotopic (exact) mass is 282 g/mol. The van der Waals surface area contributed by atoms with Crippen LogP contribution < -0.4 is 5.32 Å². The first-order valence-electron chi connectivity index (χ1n) is 7.97. The van der Waals surface area contributed by atoms with Gasteiger partial charge in [-0.15, -0.1) is 0 Å². The normalized spacial score (nSPS) is 44.5. The number of nitrogens with zero attached hydrogens (tertiary/aromatic N) is 1. The van der Waals surface area contributed by atoms with Crippen molar-refractivity contribution < 1.29 is 15.0 Å². The highest BCUT2D eigenvalue weighted by atomic mass is 16.4. The Bertz CT molecular complexity index is 358. The van der Waals surface area contributed by atoms with Gasteiger partial charge in [-0.05, 0) is 57.5 Å². The Kier molecular flexibility index (Phi) is 4.02. The molecule has 3 saturated heterocycles. The molecule has 4 rings (SSSR count). The summed E-state index contributed by atoms with van der Waals surface area (Å²) in [4.78, 5) is 13.5. The molecular weight excluding hydrogens is 256 g/mol. The summed E-state index contributed by atoms with van der Waals surface area (Å²) >= 11 is 0. The Labute approximate surface area is 120 Å². The van der Waals surface area contributed by atoms with Crippen LogP contribution in [0.4, 0.5) is 0 Å². The number of fused-ring (bicyclic) bond motifs is 3. The lowest BCUT2D eigenvalue weighted by Crippen LogP contribution is -2.58. The third-order valence-corrected chi connectivity index (χ3v) is 5.62. The zero-order valence-electron chi connectivity index (χ0n) is 12.1. The summed E-state index contributed by atoms with van der Waals surface area (Å²) in [6, 6.07) is 0.513. The van der Waals surface area contributed by atoms with Crippen LogP contribution in [0.2, 0.25) is 0 Å². The van der Waals surface area contributed by atoms with E-state index in [1.165, 1.54) is 25.9 Å². The van der Waals surface area contributed by atoms with Crippen molar-refractivity contribution in [1.82, 2.24) is 10.2 Å². The number of hydrogen-bond acceptors (Lipinski definition) is 4. The maximum atomic E-state index is 11.0. The van der Waals surface area contributed by atoms with Gasteiger partial charge in [0.1, 0.15) is 0 Å². The lowest BCUT2D eigenvalue weighted by Gasteiger charge is -2.46. The highest BCUT2D eigenvalue weighted by molar-refractivity contribution is 5.70. The molecule has 0 aromatic carbocycles. The average Bonchev–Trinajstić information content (AvgIpc) is 2.47. The first kappa shape index (κ1) is 14.3. The summed E-state index contributed by atoms with van der Waals surface area (Å²) < 4.78 is 0. The lowest BCUT2D eigenvalue weighted by atomic mass is 9.78. The summed E-state index contributed by atoms with van der Waals surface area (Å²) in [6.45, 7) is 4.19. The summed E-state index contributed by atoms with van der Waals surface area (Å²) in [6.07, 6.45) is 4.98. The molecule has 0 amide bonds. The lowest BCUT2D eigenvalue weighted by molar-refractivity contribution is -0.144. The Morgan fingerprint density at radius 3 is 2.35 bits per heavy atom. The molecule has 0 radical (unpaired) electrons. The van der Waals surface area contributed by atoms with Gasteiger partial charge in [0.05, 0.1) is 11.5 Å². The smallest absolute Gasteiger partial charge is 0.306 e. The number of nitrogens with one attached hydrogen (secondary N) is 1. The molecule has 4 aliphatic rings. The highest BCUT2D eigenvalue weighted by Crippen LogP contribution is 2.33. The maximum absolute atomic E-state index is 11.0. The third kappa shape index (κ3) is 3.00. The van der Waals surface area contributed by atoms with Crippen molar-refractivity contribution in [2.75, 3.05) is 26.2 Å². The van der Waals surface area contributed by atoms with Gasteiger partial charge in [-0.1, -0.05) is 0 Å². The Balaban J connectivity index is 1.47. The summed E-state index contributed by atoms with van der Waals surface area (Å²) in [7, 11) is 0. The van der Waals surface area contributed by atoms with Gasteiger partial charge in [0.2, 0.25) is 0 Å². The van der Waals surface area contributed by atoms with Gasteiger partial charge in [0.25, 0.3) is 0 Å². The SMILES string of the molecule is O=C(O)C1CCC(O)(CNC2CN3CCC2CC3)CC1. The summed E-state index contributed by atoms with van der Waals surface area (Å²) in [5.74, 6) is -0.205. The van der Waals surface area contributed by atoms with E-state index in [2.05, 4.69) is 10.2 Å². The van der Waals surface area contributed by atoms with Crippen LogP contribution in [0.15, 0.2) is 0 Å². The molecule has 0 aromatic heterocycles. The van der Waals surface area contributed by atoms with Gasteiger partial charge in [-0.25, -0.2) is 0 Å². The fraction of sp³-hybridized carbons (Fsp3) is 0.933. The minimum atomic E-state index is -0.711. The molecule has 114 valence electrons. The Morgan fingerprint density at radius 1 is 1.20 bits per heavy atom. The van der Waals surface area contributed by atoms with Crippen molar-refractivity contribution >= 4 is 5.97 Å². The Morgan fingerprint density at radius 2 is 1.85 bits per heavy atom. The quantitative estimate of drug-likeness (QED) is 0.707. The molecule has 3 aliphatic heterocycles. The maximum Gasteiger partial charge on any atom is 0.306 e. The van der Waals surface area contributed by atoms with Crippen molar-refractivity contribution in [2.45, 2.75) is 50.2 Å². The first-order valence-corrected chi connectivity index (χ1v) is 7.97. The van der Waals surface area contributed by atoms with Crippen molar-refractivity contribution in [3.8, 4) is 0 Å². The number of piperidine rings is 3. The van der Waals surface area contributed by atoms with E-state index in [-0.39, 0.29) is 5.92 Å². The van der Waals surface area contributed by atoms with E-state index < -0.39 is 11.6 Å². The molecule has 1 saturated carbocycles. The predicted octanol–water partition coefficient (Wildman–Crippen LogP) is 0.676. The van der Waals surface area contributed by atoms with Crippen LogP contribution in [0.25, 0.3) is 0 Å². The minimum absolute atomic E-state index is 0.257. The standard InChI is InChI=1S/C15H26N2O3/c18-14(19)12-1-5-15(20,6-2-12)10-16-13-9-17-7-3-11(13)4-8-17/h11-13,16,20H,1-10H2,(H,18,19). The topological polar surface area (TPSA) is 72.8 Å². The van der Waals surface area contributed by atoms with Crippen LogP contribution >= 0.6 is 0 Å². The molecule has 5 heteroatoms. The van der Waals surface area contributed by atoms with E-state index in [9.17, 15) is 9.90 Å². The van der Waals surface area contributed by atoms with E-state index in [4.69, 9.17) is 5.11 Å². The fourth-order valence-electron chi connectivity index (χ4n) is 4.10. The molecule has 5 nitrogen and oxygen atoms in total. The molecule has 4 fully saturated rings. The molecule has 1 unspecified atom stereocenters. The van der Waals surface area contributed by atoms with Crippen LogP contribution in [0.3, 0.4) is 0 Å². The third-order valence-electron chi connectivity index (χ3n) is 5.62. The molecule has 3 N–H and O–H groups in total.